The van der Waals surface area contributed by atoms with Gasteiger partial charge in [-0.2, -0.15) is 22.0 Å². The minimum atomic E-state index is -5.87. The summed E-state index contributed by atoms with van der Waals surface area (Å²) in [6.07, 6.45) is -6.79. The van der Waals surface area contributed by atoms with Crippen LogP contribution in [0.3, 0.4) is 0 Å². The zero-order valence-corrected chi connectivity index (χ0v) is 20.4. The monoisotopic (exact) mass is 547 g/mol. The van der Waals surface area contributed by atoms with Crippen molar-refractivity contribution in [2.45, 2.75) is 44.6 Å². The molecule has 7 nitrogen and oxygen atoms in total. The van der Waals surface area contributed by atoms with Gasteiger partial charge in [-0.05, 0) is 43.7 Å². The summed E-state index contributed by atoms with van der Waals surface area (Å²) in [5.74, 6) is -9.51. The van der Waals surface area contributed by atoms with Crippen molar-refractivity contribution in [2.24, 2.45) is 5.92 Å². The first-order valence-electron chi connectivity index (χ1n) is 11.1. The van der Waals surface area contributed by atoms with Crippen LogP contribution in [0.2, 0.25) is 5.02 Å². The predicted octanol–water partition coefficient (Wildman–Crippen LogP) is 4.09. The molecular weight excluding hydrogens is 525 g/mol. The molecule has 2 N–H and O–H groups in total. The Morgan fingerprint density at radius 3 is 2.30 bits per heavy atom. The third-order valence-electron chi connectivity index (χ3n) is 5.71. The number of fused-ring (bicyclic) bond motifs is 1. The SMILES string of the molecule is CC(C(=O)NCC(F)(F)C(F)(F)F)C(=O)N[C@@H]1C(=O)N(Cc2ccc(Cl)cc2)c2ccccc2O[C@@H]1C. The number of amides is 3. The number of hydrogen-bond donors (Lipinski definition) is 2. The van der Waals surface area contributed by atoms with E-state index in [1.807, 2.05) is 0 Å². The highest BCUT2D eigenvalue weighted by atomic mass is 35.5. The number of benzene rings is 2. The van der Waals surface area contributed by atoms with E-state index in [4.69, 9.17) is 16.3 Å². The molecule has 1 aliphatic heterocycles. The van der Waals surface area contributed by atoms with Crippen LogP contribution < -0.4 is 20.3 Å². The van der Waals surface area contributed by atoms with Crippen molar-refractivity contribution in [1.29, 1.82) is 0 Å². The molecule has 3 amide bonds. The van der Waals surface area contributed by atoms with Crippen LogP contribution in [0.25, 0.3) is 0 Å². The number of alkyl halides is 5. The first-order chi connectivity index (χ1) is 17.2. The average Bonchev–Trinajstić information content (AvgIpc) is 2.92. The molecule has 0 saturated carbocycles. The van der Waals surface area contributed by atoms with Crippen molar-refractivity contribution in [3.05, 3.63) is 59.1 Å². The van der Waals surface area contributed by atoms with Crippen molar-refractivity contribution >= 4 is 35.0 Å². The fourth-order valence-electron chi connectivity index (χ4n) is 3.50. The van der Waals surface area contributed by atoms with Crippen molar-refractivity contribution in [2.75, 3.05) is 11.4 Å². The summed E-state index contributed by atoms with van der Waals surface area (Å²) in [6, 6.07) is 12.1. The maximum atomic E-state index is 13.6. The fourth-order valence-corrected chi connectivity index (χ4v) is 3.62. The molecule has 37 heavy (non-hydrogen) atoms. The second kappa shape index (κ2) is 10.9. The van der Waals surface area contributed by atoms with Crippen LogP contribution in [0.5, 0.6) is 5.75 Å². The Balaban J connectivity index is 1.78. The van der Waals surface area contributed by atoms with E-state index < -0.39 is 54.4 Å². The van der Waals surface area contributed by atoms with Gasteiger partial charge in [0.25, 0.3) is 5.91 Å². The van der Waals surface area contributed by atoms with Gasteiger partial charge in [0.2, 0.25) is 11.8 Å². The zero-order chi connectivity index (χ0) is 27.5. The third-order valence-corrected chi connectivity index (χ3v) is 5.96. The van der Waals surface area contributed by atoms with Gasteiger partial charge in [0.1, 0.15) is 23.8 Å². The van der Waals surface area contributed by atoms with Gasteiger partial charge in [0.05, 0.1) is 18.8 Å². The number of carbonyl (C=O) groups excluding carboxylic acids is 3. The molecule has 13 heteroatoms. The van der Waals surface area contributed by atoms with Crippen LogP contribution in [0.15, 0.2) is 48.5 Å². The number of halogens is 6. The molecule has 3 atom stereocenters. The molecule has 3 rings (SSSR count). The maximum Gasteiger partial charge on any atom is 0.455 e. The lowest BCUT2D eigenvalue weighted by Crippen LogP contribution is -2.56. The molecule has 0 radical (unpaired) electrons. The van der Waals surface area contributed by atoms with Crippen molar-refractivity contribution < 1.29 is 41.1 Å². The standard InChI is InChI=1S/C24H23ClF5N3O4/c1-13(20(34)31-12-23(26,27)24(28,29)30)21(35)32-19-14(2)37-18-6-4-3-5-17(18)33(22(19)36)11-15-7-9-16(25)10-8-15/h3-10,13-14,19H,11-12H2,1-2H3,(H,31,34)(H,32,35)/t13?,14-,19+/m1/s1. The molecule has 1 unspecified atom stereocenters. The van der Waals surface area contributed by atoms with Gasteiger partial charge in [-0.25, -0.2) is 0 Å². The predicted molar refractivity (Wildman–Crippen MR) is 124 cm³/mol. The Hall–Kier alpha value is -3.41. The molecule has 1 heterocycles. The van der Waals surface area contributed by atoms with E-state index in [0.717, 1.165) is 6.92 Å². The highest BCUT2D eigenvalue weighted by Gasteiger charge is 2.57. The summed E-state index contributed by atoms with van der Waals surface area (Å²) in [5, 5.41) is 4.31. The number of ether oxygens (including phenoxy) is 1. The number of nitrogens with zero attached hydrogens (tertiary/aromatic N) is 1. The molecule has 2 aromatic carbocycles. The van der Waals surface area contributed by atoms with Crippen LogP contribution >= 0.6 is 11.6 Å². The summed E-state index contributed by atoms with van der Waals surface area (Å²) in [4.78, 5) is 39.8. The molecule has 1 aliphatic rings. The topological polar surface area (TPSA) is 87.7 Å². The van der Waals surface area contributed by atoms with Gasteiger partial charge in [0.15, 0.2) is 0 Å². The number of carbonyl (C=O) groups is 3. The molecule has 0 aliphatic carbocycles. The van der Waals surface area contributed by atoms with Crippen LogP contribution in [0.4, 0.5) is 27.6 Å². The van der Waals surface area contributed by atoms with Crippen LogP contribution in [0, 0.1) is 5.92 Å². The van der Waals surface area contributed by atoms with Gasteiger partial charge in [-0.1, -0.05) is 35.9 Å². The number of anilines is 1. The van der Waals surface area contributed by atoms with E-state index >= 15 is 0 Å². The Kier molecular flexibility index (Phi) is 8.31. The number of para-hydroxylation sites is 2. The van der Waals surface area contributed by atoms with Gasteiger partial charge < -0.3 is 20.3 Å². The lowest BCUT2D eigenvalue weighted by atomic mass is 10.1. The molecule has 0 fully saturated rings. The van der Waals surface area contributed by atoms with E-state index in [1.54, 1.807) is 48.5 Å². The van der Waals surface area contributed by atoms with Gasteiger partial charge in [-0.15, -0.1) is 0 Å². The molecule has 0 bridgehead atoms. The normalized spacial score (nSPS) is 18.8. The average molecular weight is 548 g/mol. The summed E-state index contributed by atoms with van der Waals surface area (Å²) in [7, 11) is 0. The second-order valence-electron chi connectivity index (χ2n) is 8.47. The van der Waals surface area contributed by atoms with E-state index in [1.165, 1.54) is 17.1 Å². The Morgan fingerprint density at radius 1 is 1.05 bits per heavy atom. The van der Waals surface area contributed by atoms with Gasteiger partial charge in [0, 0.05) is 5.02 Å². The summed E-state index contributed by atoms with van der Waals surface area (Å²) >= 11 is 5.94. The maximum absolute atomic E-state index is 13.6. The van der Waals surface area contributed by atoms with Crippen LogP contribution in [-0.4, -0.2) is 48.5 Å². The largest absolute Gasteiger partial charge is 0.486 e. The molecule has 2 aromatic rings. The quantitative estimate of drug-likeness (QED) is 0.404. The van der Waals surface area contributed by atoms with Crippen molar-refractivity contribution in [1.82, 2.24) is 10.6 Å². The van der Waals surface area contributed by atoms with E-state index in [2.05, 4.69) is 5.32 Å². The number of nitrogens with one attached hydrogen (secondary N) is 2. The van der Waals surface area contributed by atoms with E-state index in [0.29, 0.717) is 22.0 Å². The number of rotatable bonds is 7. The highest BCUT2D eigenvalue weighted by molar-refractivity contribution is 6.30. The Bertz CT molecular complexity index is 1160. The van der Waals surface area contributed by atoms with E-state index in [-0.39, 0.29) is 6.54 Å². The first kappa shape index (κ1) is 28.2. The van der Waals surface area contributed by atoms with Crippen molar-refractivity contribution in [3.63, 3.8) is 0 Å². The van der Waals surface area contributed by atoms with Crippen molar-refractivity contribution in [3.8, 4) is 5.75 Å². The van der Waals surface area contributed by atoms with Crippen LogP contribution in [0.1, 0.15) is 19.4 Å². The smallest absolute Gasteiger partial charge is 0.455 e. The minimum Gasteiger partial charge on any atom is -0.486 e. The minimum absolute atomic E-state index is 0.0814. The molecule has 0 saturated heterocycles. The molecule has 200 valence electrons. The fraction of sp³-hybridized carbons (Fsp3) is 0.375. The summed E-state index contributed by atoms with van der Waals surface area (Å²) in [6.45, 7) is 0.584. The molecule has 0 spiro atoms. The summed E-state index contributed by atoms with van der Waals surface area (Å²) < 4.78 is 69.2. The number of hydrogen-bond acceptors (Lipinski definition) is 4. The molecular formula is C24H23ClF5N3O4. The zero-order valence-electron chi connectivity index (χ0n) is 19.6. The van der Waals surface area contributed by atoms with Gasteiger partial charge >= 0.3 is 12.1 Å². The van der Waals surface area contributed by atoms with E-state index in [9.17, 15) is 36.3 Å². The van der Waals surface area contributed by atoms with Gasteiger partial charge in [-0.3, -0.25) is 14.4 Å². The summed E-state index contributed by atoms with van der Waals surface area (Å²) in [5.41, 5.74) is 1.14. The highest BCUT2D eigenvalue weighted by Crippen LogP contribution is 2.35. The third kappa shape index (κ3) is 6.48. The lowest BCUT2D eigenvalue weighted by Gasteiger charge is -2.27. The van der Waals surface area contributed by atoms with Crippen LogP contribution in [-0.2, 0) is 20.9 Å². The lowest BCUT2D eigenvalue weighted by molar-refractivity contribution is -0.278. The Labute approximate surface area is 213 Å². The molecule has 0 aromatic heterocycles. The Morgan fingerprint density at radius 2 is 1.68 bits per heavy atom. The second-order valence-corrected chi connectivity index (χ2v) is 8.91. The first-order valence-corrected chi connectivity index (χ1v) is 11.4.